The lowest BCUT2D eigenvalue weighted by atomic mass is 9.99. The highest BCUT2D eigenvalue weighted by Crippen LogP contribution is 2.23. The maximum absolute atomic E-state index is 11.9. The van der Waals surface area contributed by atoms with Crippen LogP contribution >= 0.6 is 0 Å². The van der Waals surface area contributed by atoms with E-state index in [1.54, 1.807) is 24.3 Å². The summed E-state index contributed by atoms with van der Waals surface area (Å²) < 4.78 is 5.25. The lowest BCUT2D eigenvalue weighted by molar-refractivity contribution is 0.0731. The van der Waals surface area contributed by atoms with Gasteiger partial charge in [-0.2, -0.15) is 0 Å². The lowest BCUT2D eigenvalue weighted by Gasteiger charge is -2.10. The smallest absolute Gasteiger partial charge is 0.347 e. The highest BCUT2D eigenvalue weighted by atomic mass is 16.5. The van der Waals surface area contributed by atoms with E-state index >= 15 is 0 Å². The number of rotatable bonds is 4. The van der Waals surface area contributed by atoms with E-state index < -0.39 is 5.97 Å². The van der Waals surface area contributed by atoms with Crippen LogP contribution in [0.2, 0.25) is 0 Å². The summed E-state index contributed by atoms with van der Waals surface area (Å²) in [7, 11) is 0. The summed E-state index contributed by atoms with van der Waals surface area (Å²) >= 11 is 0. The number of hydrogen-bond donors (Lipinski definition) is 1. The number of benzene rings is 2. The second kappa shape index (κ2) is 6.24. The van der Waals surface area contributed by atoms with Gasteiger partial charge >= 0.3 is 5.97 Å². The Morgan fingerprint density at radius 1 is 1.15 bits per heavy atom. The van der Waals surface area contributed by atoms with Crippen LogP contribution in [-0.4, -0.2) is 11.1 Å². The van der Waals surface area contributed by atoms with Crippen LogP contribution in [0.1, 0.15) is 42.1 Å². The molecule has 0 aliphatic carbocycles. The second-order valence-corrected chi connectivity index (χ2v) is 4.79. The average molecular weight is 270 g/mol. The van der Waals surface area contributed by atoms with E-state index in [-0.39, 0.29) is 11.3 Å². The summed E-state index contributed by atoms with van der Waals surface area (Å²) in [6, 6.07) is 13.8. The minimum Gasteiger partial charge on any atom is -0.507 e. The summed E-state index contributed by atoms with van der Waals surface area (Å²) in [5.74, 6) is 0.330. The number of hydrogen-bond acceptors (Lipinski definition) is 3. The van der Waals surface area contributed by atoms with E-state index in [2.05, 4.69) is 13.8 Å². The van der Waals surface area contributed by atoms with Gasteiger partial charge < -0.3 is 9.84 Å². The van der Waals surface area contributed by atoms with Crippen molar-refractivity contribution in [2.75, 3.05) is 0 Å². The first-order valence-corrected chi connectivity index (χ1v) is 6.72. The number of ether oxygens (including phenoxy) is 1. The molecule has 0 amide bonds. The standard InChI is InChI=1S/C17H18O3/c1-3-12(2)13-8-10-14(11-9-13)20-17(19)15-6-4-5-7-16(15)18/h4-12,18H,3H2,1-2H3. The monoisotopic (exact) mass is 270 g/mol. The highest BCUT2D eigenvalue weighted by Gasteiger charge is 2.13. The van der Waals surface area contributed by atoms with E-state index in [0.717, 1.165) is 6.42 Å². The van der Waals surface area contributed by atoms with E-state index in [1.807, 2.05) is 12.1 Å². The molecule has 0 aromatic heterocycles. The first kappa shape index (κ1) is 14.1. The van der Waals surface area contributed by atoms with Crippen LogP contribution in [-0.2, 0) is 0 Å². The van der Waals surface area contributed by atoms with Gasteiger partial charge in [0, 0.05) is 0 Å². The fourth-order valence-corrected chi connectivity index (χ4v) is 1.91. The average Bonchev–Trinajstić information content (AvgIpc) is 2.47. The molecule has 104 valence electrons. The highest BCUT2D eigenvalue weighted by molar-refractivity contribution is 5.93. The third-order valence-corrected chi connectivity index (χ3v) is 3.40. The third-order valence-electron chi connectivity index (χ3n) is 3.40. The number of aromatic hydroxyl groups is 1. The molecule has 3 nitrogen and oxygen atoms in total. The van der Waals surface area contributed by atoms with Gasteiger partial charge in [-0.15, -0.1) is 0 Å². The van der Waals surface area contributed by atoms with Gasteiger partial charge in [-0.05, 0) is 42.2 Å². The van der Waals surface area contributed by atoms with Crippen LogP contribution in [0, 0.1) is 0 Å². The lowest BCUT2D eigenvalue weighted by Crippen LogP contribution is -2.08. The quantitative estimate of drug-likeness (QED) is 0.671. The van der Waals surface area contributed by atoms with Crippen LogP contribution in [0.3, 0.4) is 0 Å². The molecule has 0 saturated heterocycles. The summed E-state index contributed by atoms with van der Waals surface area (Å²) in [6.45, 7) is 4.29. The van der Waals surface area contributed by atoms with Crippen LogP contribution in [0.15, 0.2) is 48.5 Å². The summed E-state index contributed by atoms with van der Waals surface area (Å²) in [5.41, 5.74) is 1.38. The first-order chi connectivity index (χ1) is 9.61. The van der Waals surface area contributed by atoms with Gasteiger partial charge in [-0.3, -0.25) is 0 Å². The Balaban J connectivity index is 2.11. The van der Waals surface area contributed by atoms with Crippen molar-refractivity contribution in [3.63, 3.8) is 0 Å². The predicted molar refractivity (Wildman–Crippen MR) is 78.2 cm³/mol. The molecule has 3 heteroatoms. The Hall–Kier alpha value is -2.29. The number of carbonyl (C=O) groups excluding carboxylic acids is 1. The summed E-state index contributed by atoms with van der Waals surface area (Å²) in [6.07, 6.45) is 1.07. The Labute approximate surface area is 118 Å². The van der Waals surface area contributed by atoms with E-state index in [4.69, 9.17) is 4.74 Å². The molecule has 0 heterocycles. The molecular formula is C17H18O3. The maximum Gasteiger partial charge on any atom is 0.347 e. The van der Waals surface area contributed by atoms with Gasteiger partial charge in [-0.1, -0.05) is 38.1 Å². The largest absolute Gasteiger partial charge is 0.507 e. The minimum atomic E-state index is -0.556. The SMILES string of the molecule is CCC(C)c1ccc(OC(=O)c2ccccc2O)cc1. The Morgan fingerprint density at radius 3 is 2.40 bits per heavy atom. The van der Waals surface area contributed by atoms with E-state index in [0.29, 0.717) is 11.7 Å². The molecule has 1 atom stereocenters. The van der Waals surface area contributed by atoms with Crippen molar-refractivity contribution in [2.45, 2.75) is 26.2 Å². The van der Waals surface area contributed by atoms with Crippen LogP contribution in [0.25, 0.3) is 0 Å². The fraction of sp³-hybridized carbons (Fsp3) is 0.235. The molecule has 0 aliphatic rings. The topological polar surface area (TPSA) is 46.5 Å². The molecule has 0 fully saturated rings. The minimum absolute atomic E-state index is 0.0753. The molecule has 1 N–H and O–H groups in total. The molecule has 0 radical (unpaired) electrons. The molecule has 0 bridgehead atoms. The molecule has 2 aromatic rings. The molecule has 0 saturated carbocycles. The van der Waals surface area contributed by atoms with Crippen molar-refractivity contribution in [3.8, 4) is 11.5 Å². The zero-order chi connectivity index (χ0) is 14.5. The number of esters is 1. The van der Waals surface area contributed by atoms with Crippen LogP contribution in [0.5, 0.6) is 11.5 Å². The van der Waals surface area contributed by atoms with Gasteiger partial charge in [0.05, 0.1) is 0 Å². The maximum atomic E-state index is 11.9. The van der Waals surface area contributed by atoms with Crippen LogP contribution < -0.4 is 4.74 Å². The first-order valence-electron chi connectivity index (χ1n) is 6.72. The van der Waals surface area contributed by atoms with Gasteiger partial charge in [0.1, 0.15) is 17.1 Å². The predicted octanol–water partition coefficient (Wildman–Crippen LogP) is 4.12. The van der Waals surface area contributed by atoms with Gasteiger partial charge in [0.15, 0.2) is 0 Å². The van der Waals surface area contributed by atoms with Gasteiger partial charge in [0.25, 0.3) is 0 Å². The van der Waals surface area contributed by atoms with Crippen molar-refractivity contribution in [1.29, 1.82) is 0 Å². The Bertz CT molecular complexity index is 587. The molecule has 20 heavy (non-hydrogen) atoms. The Morgan fingerprint density at radius 2 is 1.80 bits per heavy atom. The van der Waals surface area contributed by atoms with Gasteiger partial charge in [0.2, 0.25) is 0 Å². The van der Waals surface area contributed by atoms with E-state index in [9.17, 15) is 9.90 Å². The van der Waals surface area contributed by atoms with Crippen molar-refractivity contribution in [3.05, 3.63) is 59.7 Å². The van der Waals surface area contributed by atoms with Crippen molar-refractivity contribution in [2.24, 2.45) is 0 Å². The van der Waals surface area contributed by atoms with Crippen molar-refractivity contribution >= 4 is 5.97 Å². The molecule has 0 spiro atoms. The zero-order valence-corrected chi connectivity index (χ0v) is 11.7. The molecule has 2 aromatic carbocycles. The molecular weight excluding hydrogens is 252 g/mol. The molecule has 0 aliphatic heterocycles. The third kappa shape index (κ3) is 3.18. The second-order valence-electron chi connectivity index (χ2n) is 4.79. The van der Waals surface area contributed by atoms with Gasteiger partial charge in [-0.25, -0.2) is 4.79 Å². The van der Waals surface area contributed by atoms with Crippen LogP contribution in [0.4, 0.5) is 0 Å². The van der Waals surface area contributed by atoms with Crippen molar-refractivity contribution in [1.82, 2.24) is 0 Å². The number of phenolic OH excluding ortho intramolecular Hbond substituents is 1. The van der Waals surface area contributed by atoms with E-state index in [1.165, 1.54) is 17.7 Å². The summed E-state index contributed by atoms with van der Waals surface area (Å²) in [4.78, 5) is 11.9. The van der Waals surface area contributed by atoms with Crippen molar-refractivity contribution < 1.29 is 14.6 Å². The zero-order valence-electron chi connectivity index (χ0n) is 11.7. The fourth-order valence-electron chi connectivity index (χ4n) is 1.91. The molecule has 1 unspecified atom stereocenters. The number of carbonyl (C=O) groups is 1. The Kier molecular flexibility index (Phi) is 4.41. The number of para-hydroxylation sites is 1. The molecule has 2 rings (SSSR count). The normalized spacial score (nSPS) is 11.9. The summed E-state index contributed by atoms with van der Waals surface area (Å²) in [5, 5.41) is 9.61. The number of phenols is 1.